The van der Waals surface area contributed by atoms with Gasteiger partial charge in [0.2, 0.25) is 5.95 Å². The number of benzene rings is 1. The summed E-state index contributed by atoms with van der Waals surface area (Å²) < 4.78 is 0. The summed E-state index contributed by atoms with van der Waals surface area (Å²) in [5.74, 6) is 0.324. The van der Waals surface area contributed by atoms with E-state index < -0.39 is 0 Å². The maximum absolute atomic E-state index is 5.64. The third-order valence-corrected chi connectivity index (χ3v) is 2.96. The minimum absolute atomic E-state index is 0.324. The Bertz CT molecular complexity index is 491. The molecule has 0 spiro atoms. The summed E-state index contributed by atoms with van der Waals surface area (Å²) >= 11 is 1.71. The number of nitrogen functional groups attached to an aromatic ring is 1. The Hall–Kier alpha value is -1.55. The molecule has 0 aliphatic rings. The fraction of sp³-hybridized carbons (Fsp3) is 0.167. The molecule has 82 valence electrons. The van der Waals surface area contributed by atoms with Gasteiger partial charge in [-0.2, -0.15) is 0 Å². The first-order valence-corrected chi connectivity index (χ1v) is 6.17. The Labute approximate surface area is 99.1 Å². The quantitative estimate of drug-likeness (QED) is 0.807. The average Bonchev–Trinajstić information content (AvgIpc) is 2.28. The van der Waals surface area contributed by atoms with Crippen LogP contribution in [0.2, 0.25) is 0 Å². The Morgan fingerprint density at radius 2 is 2.00 bits per heavy atom. The van der Waals surface area contributed by atoms with Gasteiger partial charge < -0.3 is 5.73 Å². The van der Waals surface area contributed by atoms with Crippen molar-refractivity contribution in [2.24, 2.45) is 0 Å². The highest BCUT2D eigenvalue weighted by Gasteiger charge is 2.03. The SMILES string of the molecule is CSc1cccc(-c2cc(C)nc(N)n2)c1. The zero-order chi connectivity index (χ0) is 11.5. The molecule has 0 radical (unpaired) electrons. The molecule has 0 aliphatic heterocycles. The number of aromatic nitrogens is 2. The third kappa shape index (κ3) is 2.33. The number of hydrogen-bond donors (Lipinski definition) is 1. The number of hydrogen-bond acceptors (Lipinski definition) is 4. The zero-order valence-electron chi connectivity index (χ0n) is 9.27. The van der Waals surface area contributed by atoms with Gasteiger partial charge in [-0.3, -0.25) is 0 Å². The number of aryl methyl sites for hydroxylation is 1. The molecule has 1 aromatic carbocycles. The van der Waals surface area contributed by atoms with Crippen LogP contribution in [0.25, 0.3) is 11.3 Å². The Kier molecular flexibility index (Phi) is 3.10. The molecule has 0 bridgehead atoms. The van der Waals surface area contributed by atoms with Crippen molar-refractivity contribution < 1.29 is 0 Å². The summed E-state index contributed by atoms with van der Waals surface area (Å²) in [6, 6.07) is 10.2. The highest BCUT2D eigenvalue weighted by molar-refractivity contribution is 7.98. The first-order valence-electron chi connectivity index (χ1n) is 4.94. The number of nitrogens with two attached hydrogens (primary N) is 1. The summed E-state index contributed by atoms with van der Waals surface area (Å²) in [6.07, 6.45) is 2.05. The van der Waals surface area contributed by atoms with Crippen molar-refractivity contribution in [2.45, 2.75) is 11.8 Å². The zero-order valence-corrected chi connectivity index (χ0v) is 10.1. The van der Waals surface area contributed by atoms with E-state index in [2.05, 4.69) is 28.4 Å². The lowest BCUT2D eigenvalue weighted by Crippen LogP contribution is -1.98. The highest BCUT2D eigenvalue weighted by atomic mass is 32.2. The van der Waals surface area contributed by atoms with Crippen LogP contribution < -0.4 is 5.73 Å². The van der Waals surface area contributed by atoms with E-state index in [1.807, 2.05) is 25.1 Å². The van der Waals surface area contributed by atoms with Crippen LogP contribution in [0.4, 0.5) is 5.95 Å². The normalized spacial score (nSPS) is 10.4. The van der Waals surface area contributed by atoms with Gasteiger partial charge in [0.15, 0.2) is 0 Å². The minimum atomic E-state index is 0.324. The molecule has 1 aromatic heterocycles. The molecule has 0 amide bonds. The van der Waals surface area contributed by atoms with E-state index in [0.717, 1.165) is 17.0 Å². The molecule has 0 aliphatic carbocycles. The summed E-state index contributed by atoms with van der Waals surface area (Å²) in [7, 11) is 0. The molecule has 0 saturated heterocycles. The highest BCUT2D eigenvalue weighted by Crippen LogP contribution is 2.23. The summed E-state index contributed by atoms with van der Waals surface area (Å²) in [6.45, 7) is 1.92. The molecular weight excluding hydrogens is 218 g/mol. The van der Waals surface area contributed by atoms with Crippen LogP contribution in [0, 0.1) is 6.92 Å². The molecule has 0 saturated carbocycles. The maximum Gasteiger partial charge on any atom is 0.220 e. The van der Waals surface area contributed by atoms with Crippen molar-refractivity contribution in [3.63, 3.8) is 0 Å². The maximum atomic E-state index is 5.64. The number of nitrogens with zero attached hydrogens (tertiary/aromatic N) is 2. The van der Waals surface area contributed by atoms with Crippen molar-refractivity contribution in [3.8, 4) is 11.3 Å². The largest absolute Gasteiger partial charge is 0.368 e. The molecule has 2 rings (SSSR count). The second-order valence-corrected chi connectivity index (χ2v) is 4.36. The molecule has 0 unspecified atom stereocenters. The van der Waals surface area contributed by atoms with Gasteiger partial charge in [0.25, 0.3) is 0 Å². The molecule has 0 atom stereocenters. The van der Waals surface area contributed by atoms with E-state index in [1.165, 1.54) is 4.90 Å². The first kappa shape index (κ1) is 11.0. The topological polar surface area (TPSA) is 51.8 Å². The van der Waals surface area contributed by atoms with E-state index in [9.17, 15) is 0 Å². The molecule has 16 heavy (non-hydrogen) atoms. The molecule has 4 heteroatoms. The van der Waals surface area contributed by atoms with Crippen molar-refractivity contribution >= 4 is 17.7 Å². The van der Waals surface area contributed by atoms with Crippen LogP contribution in [0.1, 0.15) is 5.69 Å². The van der Waals surface area contributed by atoms with Gasteiger partial charge in [-0.1, -0.05) is 12.1 Å². The van der Waals surface area contributed by atoms with Crippen LogP contribution >= 0.6 is 11.8 Å². The fourth-order valence-corrected chi connectivity index (χ4v) is 1.98. The lowest BCUT2D eigenvalue weighted by Gasteiger charge is -2.04. The average molecular weight is 231 g/mol. The Balaban J connectivity index is 2.49. The lowest BCUT2D eigenvalue weighted by atomic mass is 10.1. The van der Waals surface area contributed by atoms with Gasteiger partial charge >= 0.3 is 0 Å². The second-order valence-electron chi connectivity index (χ2n) is 3.48. The Morgan fingerprint density at radius 3 is 2.69 bits per heavy atom. The van der Waals surface area contributed by atoms with Gasteiger partial charge in [-0.05, 0) is 31.4 Å². The third-order valence-electron chi connectivity index (χ3n) is 2.24. The van der Waals surface area contributed by atoms with E-state index in [0.29, 0.717) is 5.95 Å². The monoisotopic (exact) mass is 231 g/mol. The van der Waals surface area contributed by atoms with Gasteiger partial charge in [-0.15, -0.1) is 11.8 Å². The fourth-order valence-electron chi connectivity index (χ4n) is 1.52. The van der Waals surface area contributed by atoms with Crippen molar-refractivity contribution in [3.05, 3.63) is 36.0 Å². The number of rotatable bonds is 2. The van der Waals surface area contributed by atoms with Gasteiger partial charge in [0.05, 0.1) is 5.69 Å². The van der Waals surface area contributed by atoms with Crippen LogP contribution in [-0.4, -0.2) is 16.2 Å². The van der Waals surface area contributed by atoms with Gasteiger partial charge in [-0.25, -0.2) is 9.97 Å². The number of anilines is 1. The molecule has 2 N–H and O–H groups in total. The van der Waals surface area contributed by atoms with E-state index in [4.69, 9.17) is 5.73 Å². The minimum Gasteiger partial charge on any atom is -0.368 e. The van der Waals surface area contributed by atoms with Crippen LogP contribution in [-0.2, 0) is 0 Å². The summed E-state index contributed by atoms with van der Waals surface area (Å²) in [5.41, 5.74) is 8.48. The molecule has 3 nitrogen and oxygen atoms in total. The molecular formula is C12H13N3S. The van der Waals surface area contributed by atoms with E-state index >= 15 is 0 Å². The molecule has 1 heterocycles. The first-order chi connectivity index (χ1) is 7.69. The smallest absolute Gasteiger partial charge is 0.220 e. The van der Waals surface area contributed by atoms with Crippen molar-refractivity contribution in [1.82, 2.24) is 9.97 Å². The summed E-state index contributed by atoms with van der Waals surface area (Å²) in [4.78, 5) is 9.52. The number of thioether (sulfide) groups is 1. The van der Waals surface area contributed by atoms with Gasteiger partial charge in [0.1, 0.15) is 0 Å². The van der Waals surface area contributed by atoms with E-state index in [-0.39, 0.29) is 0 Å². The van der Waals surface area contributed by atoms with Crippen molar-refractivity contribution in [1.29, 1.82) is 0 Å². The van der Waals surface area contributed by atoms with Gasteiger partial charge in [0, 0.05) is 16.2 Å². The second kappa shape index (κ2) is 4.53. The summed E-state index contributed by atoms with van der Waals surface area (Å²) in [5, 5.41) is 0. The van der Waals surface area contributed by atoms with E-state index in [1.54, 1.807) is 11.8 Å². The molecule has 2 aromatic rings. The Morgan fingerprint density at radius 1 is 1.19 bits per heavy atom. The van der Waals surface area contributed by atoms with Crippen LogP contribution in [0.15, 0.2) is 35.2 Å². The lowest BCUT2D eigenvalue weighted by molar-refractivity contribution is 1.12. The van der Waals surface area contributed by atoms with Crippen molar-refractivity contribution in [2.75, 3.05) is 12.0 Å². The van der Waals surface area contributed by atoms with Crippen LogP contribution in [0.3, 0.4) is 0 Å². The predicted octanol–water partition coefficient (Wildman–Crippen LogP) is 2.76. The standard InChI is InChI=1S/C12H13N3S/c1-8-6-11(15-12(13)14-8)9-4-3-5-10(7-9)16-2/h3-7H,1-2H3,(H2,13,14,15). The van der Waals surface area contributed by atoms with Crippen LogP contribution in [0.5, 0.6) is 0 Å². The molecule has 0 fully saturated rings. The predicted molar refractivity (Wildman–Crippen MR) is 68.4 cm³/mol.